The number of carboxylic acids is 2. The molecule has 0 bridgehead atoms. The monoisotopic (exact) mass is 364 g/mol. The maximum Gasteiger partial charge on any atom is 0.338 e. The first-order chi connectivity index (χ1) is 12.0. The van der Waals surface area contributed by atoms with Gasteiger partial charge in [0.2, 0.25) is 0 Å². The zero-order chi connectivity index (χ0) is 20.1. The Balaban J connectivity index is 3.20. The summed E-state index contributed by atoms with van der Waals surface area (Å²) in [6.45, 7) is 10.1. The van der Waals surface area contributed by atoms with E-state index in [0.29, 0.717) is 12.3 Å². The zero-order valence-corrected chi connectivity index (χ0v) is 16.0. The van der Waals surface area contributed by atoms with Crippen LogP contribution in [0.3, 0.4) is 0 Å². The summed E-state index contributed by atoms with van der Waals surface area (Å²) in [6, 6.07) is 0. The number of carboxylic acid groups (broad SMARTS) is 2. The van der Waals surface area contributed by atoms with E-state index in [1.54, 1.807) is 0 Å². The molecular weight excluding hydrogens is 336 g/mol. The van der Waals surface area contributed by atoms with E-state index < -0.39 is 17.9 Å². The van der Waals surface area contributed by atoms with Gasteiger partial charge in [0.25, 0.3) is 0 Å². The van der Waals surface area contributed by atoms with Crippen molar-refractivity contribution in [3.63, 3.8) is 0 Å². The largest absolute Gasteiger partial charge is 0.478 e. The quantitative estimate of drug-likeness (QED) is 0.636. The van der Waals surface area contributed by atoms with Crippen LogP contribution in [0, 0.1) is 11.3 Å². The number of carbonyl (C=O) groups is 3. The third kappa shape index (κ3) is 5.58. The lowest BCUT2D eigenvalue weighted by atomic mass is 9.80. The minimum atomic E-state index is -1.33. The van der Waals surface area contributed by atoms with Crippen LogP contribution in [0.2, 0.25) is 0 Å². The molecular formula is C20H28O6. The van der Waals surface area contributed by atoms with Crippen LogP contribution in [-0.2, 0) is 19.1 Å². The van der Waals surface area contributed by atoms with Crippen LogP contribution in [0.4, 0.5) is 0 Å². The van der Waals surface area contributed by atoms with E-state index in [9.17, 15) is 19.5 Å². The molecule has 0 amide bonds. The Morgan fingerprint density at radius 2 is 1.81 bits per heavy atom. The highest BCUT2D eigenvalue weighted by molar-refractivity contribution is 6.04. The Hall–Kier alpha value is -2.37. The first-order valence-electron chi connectivity index (χ1n) is 8.77. The van der Waals surface area contributed by atoms with Gasteiger partial charge in [-0.2, -0.15) is 0 Å². The molecule has 6 nitrogen and oxygen atoms in total. The third-order valence-electron chi connectivity index (χ3n) is 4.72. The van der Waals surface area contributed by atoms with Crippen LogP contribution >= 0.6 is 0 Å². The molecule has 0 aliphatic heterocycles. The van der Waals surface area contributed by atoms with Crippen molar-refractivity contribution in [1.82, 2.24) is 0 Å². The van der Waals surface area contributed by atoms with Gasteiger partial charge >= 0.3 is 17.9 Å². The summed E-state index contributed by atoms with van der Waals surface area (Å²) in [5.41, 5.74) is -0.724. The van der Waals surface area contributed by atoms with Crippen molar-refractivity contribution >= 4 is 17.9 Å². The first kappa shape index (κ1) is 21.7. The van der Waals surface area contributed by atoms with Crippen LogP contribution in [0.15, 0.2) is 34.9 Å². The van der Waals surface area contributed by atoms with Gasteiger partial charge in [-0.3, -0.25) is 0 Å². The molecule has 0 radical (unpaired) electrons. The molecule has 6 heteroatoms. The van der Waals surface area contributed by atoms with E-state index in [1.807, 2.05) is 34.6 Å². The zero-order valence-electron chi connectivity index (χ0n) is 16.0. The lowest BCUT2D eigenvalue weighted by molar-refractivity contribution is -0.152. The summed E-state index contributed by atoms with van der Waals surface area (Å²) in [5, 5.41) is 18.6. The SMILES string of the molecule is CCC(C)(C)C(CC(C)C)OC(=O)C1=C(C(=O)O)CC(C(=O)O)=CC=C1. The van der Waals surface area contributed by atoms with E-state index in [1.165, 1.54) is 18.2 Å². The summed E-state index contributed by atoms with van der Waals surface area (Å²) in [7, 11) is 0. The van der Waals surface area contributed by atoms with Gasteiger partial charge < -0.3 is 14.9 Å². The molecule has 1 aliphatic carbocycles. The van der Waals surface area contributed by atoms with Gasteiger partial charge in [-0.05, 0) is 24.8 Å². The highest BCUT2D eigenvalue weighted by Crippen LogP contribution is 2.33. The Bertz CT molecular complexity index is 664. The minimum absolute atomic E-state index is 0.0888. The normalized spacial score (nSPS) is 16.2. The lowest BCUT2D eigenvalue weighted by Crippen LogP contribution is -2.35. The highest BCUT2D eigenvalue weighted by Gasteiger charge is 2.33. The highest BCUT2D eigenvalue weighted by atomic mass is 16.5. The van der Waals surface area contributed by atoms with Crippen LogP contribution in [0.25, 0.3) is 0 Å². The molecule has 2 N–H and O–H groups in total. The predicted octanol–water partition coefficient (Wildman–Crippen LogP) is 3.73. The van der Waals surface area contributed by atoms with Crippen LogP contribution in [0.1, 0.15) is 53.9 Å². The van der Waals surface area contributed by atoms with Gasteiger partial charge in [0.05, 0.1) is 11.1 Å². The number of rotatable bonds is 8. The smallest absolute Gasteiger partial charge is 0.338 e. The van der Waals surface area contributed by atoms with Gasteiger partial charge in [0.1, 0.15) is 6.10 Å². The number of carbonyl (C=O) groups excluding carboxylic acids is 1. The van der Waals surface area contributed by atoms with Crippen molar-refractivity contribution in [2.75, 3.05) is 0 Å². The van der Waals surface area contributed by atoms with E-state index >= 15 is 0 Å². The number of hydrogen-bond acceptors (Lipinski definition) is 4. The minimum Gasteiger partial charge on any atom is -0.478 e. The number of esters is 1. The Kier molecular flexibility index (Phi) is 7.36. The molecule has 0 spiro atoms. The van der Waals surface area contributed by atoms with E-state index in [0.717, 1.165) is 6.42 Å². The Morgan fingerprint density at radius 1 is 1.19 bits per heavy atom. The predicted molar refractivity (Wildman–Crippen MR) is 97.5 cm³/mol. The fourth-order valence-electron chi connectivity index (χ4n) is 2.61. The second-order valence-corrected chi connectivity index (χ2v) is 7.60. The molecule has 144 valence electrons. The second-order valence-electron chi connectivity index (χ2n) is 7.60. The number of aliphatic carboxylic acids is 2. The van der Waals surface area contributed by atoms with Crippen molar-refractivity contribution in [3.8, 4) is 0 Å². The maximum absolute atomic E-state index is 12.7. The van der Waals surface area contributed by atoms with E-state index in [2.05, 4.69) is 0 Å². The summed E-state index contributed by atoms with van der Waals surface area (Å²) in [6.07, 6.45) is 4.73. The summed E-state index contributed by atoms with van der Waals surface area (Å²) in [4.78, 5) is 35.5. The van der Waals surface area contributed by atoms with Crippen LogP contribution in [-0.4, -0.2) is 34.2 Å². The van der Waals surface area contributed by atoms with Gasteiger partial charge in [0, 0.05) is 17.4 Å². The van der Waals surface area contributed by atoms with Crippen molar-refractivity contribution in [2.24, 2.45) is 11.3 Å². The van der Waals surface area contributed by atoms with Crippen molar-refractivity contribution < 1.29 is 29.3 Å². The molecule has 0 fully saturated rings. The molecule has 0 aromatic carbocycles. The maximum atomic E-state index is 12.7. The summed E-state index contributed by atoms with van der Waals surface area (Å²) in [5.74, 6) is -2.97. The fourth-order valence-corrected chi connectivity index (χ4v) is 2.61. The second kappa shape index (κ2) is 8.83. The molecule has 0 saturated heterocycles. The molecule has 1 aliphatic rings. The summed E-state index contributed by atoms with van der Waals surface area (Å²) < 4.78 is 5.71. The fraction of sp³-hybridized carbons (Fsp3) is 0.550. The molecule has 0 saturated carbocycles. The number of allylic oxidation sites excluding steroid dienone is 2. The Labute approximate surface area is 154 Å². The van der Waals surface area contributed by atoms with Gasteiger partial charge in [0.15, 0.2) is 0 Å². The third-order valence-corrected chi connectivity index (χ3v) is 4.72. The molecule has 1 rings (SSSR count). The van der Waals surface area contributed by atoms with Gasteiger partial charge in [-0.15, -0.1) is 0 Å². The Morgan fingerprint density at radius 3 is 2.27 bits per heavy atom. The van der Waals surface area contributed by atoms with Crippen LogP contribution in [0.5, 0.6) is 0 Å². The lowest BCUT2D eigenvalue weighted by Gasteiger charge is -2.34. The molecule has 0 heterocycles. The molecule has 0 aromatic rings. The average Bonchev–Trinajstić information content (AvgIpc) is 2.76. The van der Waals surface area contributed by atoms with Crippen molar-refractivity contribution in [1.29, 1.82) is 0 Å². The number of ether oxygens (including phenoxy) is 1. The average molecular weight is 364 g/mol. The molecule has 0 aromatic heterocycles. The van der Waals surface area contributed by atoms with E-state index in [4.69, 9.17) is 9.84 Å². The van der Waals surface area contributed by atoms with Gasteiger partial charge in [-0.25, -0.2) is 14.4 Å². The summed E-state index contributed by atoms with van der Waals surface area (Å²) >= 11 is 0. The number of hydrogen-bond donors (Lipinski definition) is 2. The first-order valence-corrected chi connectivity index (χ1v) is 8.77. The van der Waals surface area contributed by atoms with Crippen molar-refractivity contribution in [3.05, 3.63) is 34.9 Å². The topological polar surface area (TPSA) is 101 Å². The van der Waals surface area contributed by atoms with Crippen molar-refractivity contribution in [2.45, 2.75) is 60.0 Å². The molecule has 1 atom stereocenters. The molecule has 26 heavy (non-hydrogen) atoms. The van der Waals surface area contributed by atoms with E-state index in [-0.39, 0.29) is 34.7 Å². The van der Waals surface area contributed by atoms with Gasteiger partial charge in [-0.1, -0.05) is 46.8 Å². The van der Waals surface area contributed by atoms with Crippen LogP contribution < -0.4 is 0 Å². The molecule has 1 unspecified atom stereocenters. The standard InChI is InChI=1S/C20H28O6/c1-6-20(4,5)16(10-12(2)3)26-19(25)14-9-7-8-13(17(21)22)11-15(14)18(23)24/h7-9,12,16H,6,10-11H2,1-5H3,(H,21,22)(H,23,24).